The minimum atomic E-state index is -0.622. The van der Waals surface area contributed by atoms with Crippen LogP contribution in [-0.2, 0) is 11.3 Å². The van der Waals surface area contributed by atoms with Crippen LogP contribution in [0.3, 0.4) is 0 Å². The van der Waals surface area contributed by atoms with E-state index in [4.69, 9.17) is 5.73 Å². The van der Waals surface area contributed by atoms with Gasteiger partial charge in [0, 0.05) is 6.54 Å². The number of rotatable bonds is 3. The Morgan fingerprint density at radius 1 is 1.33 bits per heavy atom. The van der Waals surface area contributed by atoms with Crippen LogP contribution >= 0.6 is 12.4 Å². The van der Waals surface area contributed by atoms with E-state index in [0.29, 0.717) is 6.54 Å². The molecule has 0 saturated heterocycles. The molecule has 1 saturated carbocycles. The Morgan fingerprint density at radius 2 is 1.94 bits per heavy atom. The van der Waals surface area contributed by atoms with Crippen molar-refractivity contribution in [2.75, 3.05) is 0 Å². The van der Waals surface area contributed by atoms with E-state index in [0.717, 1.165) is 31.2 Å². The smallest absolute Gasteiger partial charge is 0.240 e. The highest BCUT2D eigenvalue weighted by Gasteiger charge is 2.36. The number of nitrogens with one attached hydrogen (secondary N) is 1. The molecule has 3 nitrogen and oxygen atoms in total. The zero-order chi connectivity index (χ0) is 12.3. The predicted octanol–water partition coefficient (Wildman–Crippen LogP) is 2.30. The van der Waals surface area contributed by atoms with Crippen LogP contribution in [0.1, 0.15) is 36.8 Å². The van der Waals surface area contributed by atoms with E-state index in [1.165, 1.54) is 5.56 Å². The van der Waals surface area contributed by atoms with Gasteiger partial charge in [-0.25, -0.2) is 0 Å². The maximum Gasteiger partial charge on any atom is 0.240 e. The van der Waals surface area contributed by atoms with Crippen LogP contribution in [0.2, 0.25) is 0 Å². The lowest BCUT2D eigenvalue weighted by Gasteiger charge is -2.22. The molecule has 0 atom stereocenters. The summed E-state index contributed by atoms with van der Waals surface area (Å²) in [6.45, 7) is 2.62. The zero-order valence-corrected chi connectivity index (χ0v) is 11.6. The lowest BCUT2D eigenvalue weighted by atomic mass is 9.98. The molecule has 4 heteroatoms. The van der Waals surface area contributed by atoms with Crippen molar-refractivity contribution in [2.45, 2.75) is 44.7 Å². The minimum Gasteiger partial charge on any atom is -0.350 e. The molecule has 0 unspecified atom stereocenters. The molecular weight excluding hydrogens is 248 g/mol. The van der Waals surface area contributed by atoms with Gasteiger partial charge in [0.1, 0.15) is 0 Å². The second-order valence-electron chi connectivity index (χ2n) is 4.97. The molecule has 0 spiro atoms. The van der Waals surface area contributed by atoms with Crippen molar-refractivity contribution in [1.29, 1.82) is 0 Å². The Labute approximate surface area is 115 Å². The van der Waals surface area contributed by atoms with Crippen molar-refractivity contribution < 1.29 is 4.79 Å². The van der Waals surface area contributed by atoms with Gasteiger partial charge in [-0.1, -0.05) is 37.1 Å². The average molecular weight is 269 g/mol. The van der Waals surface area contributed by atoms with E-state index in [-0.39, 0.29) is 18.3 Å². The zero-order valence-electron chi connectivity index (χ0n) is 10.7. The molecule has 0 bridgehead atoms. The monoisotopic (exact) mass is 268 g/mol. The summed E-state index contributed by atoms with van der Waals surface area (Å²) < 4.78 is 0. The van der Waals surface area contributed by atoms with Gasteiger partial charge in [-0.3, -0.25) is 4.79 Å². The van der Waals surface area contributed by atoms with Crippen LogP contribution in [0.5, 0.6) is 0 Å². The normalized spacial score (nSPS) is 17.0. The van der Waals surface area contributed by atoms with Gasteiger partial charge in [-0.15, -0.1) is 12.4 Å². The van der Waals surface area contributed by atoms with E-state index in [1.807, 2.05) is 18.2 Å². The maximum atomic E-state index is 12.0. The lowest BCUT2D eigenvalue weighted by molar-refractivity contribution is -0.126. The van der Waals surface area contributed by atoms with Crippen LogP contribution < -0.4 is 11.1 Å². The highest BCUT2D eigenvalue weighted by Crippen LogP contribution is 2.27. The Kier molecular flexibility index (Phi) is 5.17. The van der Waals surface area contributed by atoms with E-state index < -0.39 is 5.54 Å². The molecule has 0 aliphatic heterocycles. The van der Waals surface area contributed by atoms with Crippen molar-refractivity contribution in [3.63, 3.8) is 0 Å². The van der Waals surface area contributed by atoms with Crippen LogP contribution in [-0.4, -0.2) is 11.4 Å². The lowest BCUT2D eigenvalue weighted by Crippen LogP contribution is -2.51. The molecule has 0 radical (unpaired) electrons. The number of carbonyl (C=O) groups excluding carboxylic acids is 1. The number of carbonyl (C=O) groups is 1. The number of benzene rings is 1. The van der Waals surface area contributed by atoms with E-state index >= 15 is 0 Å². The molecule has 1 aromatic carbocycles. The van der Waals surface area contributed by atoms with Crippen LogP contribution in [0.4, 0.5) is 0 Å². The van der Waals surface area contributed by atoms with Crippen LogP contribution in [0, 0.1) is 6.92 Å². The summed E-state index contributed by atoms with van der Waals surface area (Å²) in [6, 6.07) is 8.08. The highest BCUT2D eigenvalue weighted by molar-refractivity contribution is 5.86. The van der Waals surface area contributed by atoms with Gasteiger partial charge in [-0.05, 0) is 30.9 Å². The van der Waals surface area contributed by atoms with E-state index in [9.17, 15) is 4.79 Å². The van der Waals surface area contributed by atoms with Crippen LogP contribution in [0.15, 0.2) is 24.3 Å². The van der Waals surface area contributed by atoms with Crippen molar-refractivity contribution >= 4 is 18.3 Å². The SMILES string of the molecule is Cc1ccccc1CNC(=O)C1(N)CCCC1.Cl. The van der Waals surface area contributed by atoms with Crippen LogP contribution in [0.25, 0.3) is 0 Å². The third-order valence-corrected chi connectivity index (χ3v) is 3.65. The molecule has 1 fully saturated rings. The van der Waals surface area contributed by atoms with Crippen molar-refractivity contribution in [1.82, 2.24) is 5.32 Å². The molecule has 1 aliphatic rings. The Bertz CT molecular complexity index is 414. The Balaban J connectivity index is 0.00000162. The fourth-order valence-electron chi connectivity index (χ4n) is 2.39. The number of aryl methyl sites for hydroxylation is 1. The summed E-state index contributed by atoms with van der Waals surface area (Å²) in [6.07, 6.45) is 3.75. The number of hydrogen-bond acceptors (Lipinski definition) is 2. The fourth-order valence-corrected chi connectivity index (χ4v) is 2.39. The fraction of sp³-hybridized carbons (Fsp3) is 0.500. The number of hydrogen-bond donors (Lipinski definition) is 2. The quantitative estimate of drug-likeness (QED) is 0.884. The molecule has 100 valence electrons. The second-order valence-corrected chi connectivity index (χ2v) is 4.97. The maximum absolute atomic E-state index is 12.0. The Hall–Kier alpha value is -1.06. The Morgan fingerprint density at radius 3 is 2.56 bits per heavy atom. The van der Waals surface area contributed by atoms with Gasteiger partial charge in [0.25, 0.3) is 0 Å². The van der Waals surface area contributed by atoms with E-state index in [2.05, 4.69) is 18.3 Å². The summed E-state index contributed by atoms with van der Waals surface area (Å²) in [5.41, 5.74) is 7.82. The second kappa shape index (κ2) is 6.21. The van der Waals surface area contributed by atoms with Gasteiger partial charge in [0.15, 0.2) is 0 Å². The number of halogens is 1. The topological polar surface area (TPSA) is 55.1 Å². The van der Waals surface area contributed by atoms with Crippen molar-refractivity contribution in [3.8, 4) is 0 Å². The molecule has 0 aromatic heterocycles. The highest BCUT2D eigenvalue weighted by atomic mass is 35.5. The van der Waals surface area contributed by atoms with Gasteiger partial charge in [-0.2, -0.15) is 0 Å². The van der Waals surface area contributed by atoms with Gasteiger partial charge in [0.2, 0.25) is 5.91 Å². The van der Waals surface area contributed by atoms with Gasteiger partial charge < -0.3 is 11.1 Å². The molecule has 1 aliphatic carbocycles. The standard InChI is InChI=1S/C14H20N2O.ClH/c1-11-6-2-3-7-12(11)10-16-13(17)14(15)8-4-5-9-14;/h2-3,6-7H,4-5,8-10,15H2,1H3,(H,16,17);1H. The summed E-state index contributed by atoms with van der Waals surface area (Å²) in [5.74, 6) is -0.00162. The number of nitrogens with two attached hydrogens (primary N) is 1. The molecule has 0 heterocycles. The molecule has 18 heavy (non-hydrogen) atoms. The first-order chi connectivity index (χ1) is 8.12. The summed E-state index contributed by atoms with van der Waals surface area (Å²) >= 11 is 0. The first-order valence-corrected chi connectivity index (χ1v) is 6.23. The largest absolute Gasteiger partial charge is 0.350 e. The first kappa shape index (κ1) is 15.0. The molecule has 3 N–H and O–H groups in total. The summed E-state index contributed by atoms with van der Waals surface area (Å²) in [7, 11) is 0. The average Bonchev–Trinajstić information content (AvgIpc) is 2.76. The molecule has 1 amide bonds. The minimum absolute atomic E-state index is 0. The third-order valence-electron chi connectivity index (χ3n) is 3.65. The summed E-state index contributed by atoms with van der Waals surface area (Å²) in [4.78, 5) is 12.0. The molecule has 2 rings (SSSR count). The van der Waals surface area contributed by atoms with Gasteiger partial charge in [0.05, 0.1) is 5.54 Å². The van der Waals surface area contributed by atoms with Crippen molar-refractivity contribution in [2.24, 2.45) is 5.73 Å². The summed E-state index contributed by atoms with van der Waals surface area (Å²) in [5, 5.41) is 2.96. The third kappa shape index (κ3) is 3.24. The first-order valence-electron chi connectivity index (χ1n) is 6.23. The number of amides is 1. The predicted molar refractivity (Wildman–Crippen MR) is 75.7 cm³/mol. The molecular formula is C14H21ClN2O. The van der Waals surface area contributed by atoms with Crippen molar-refractivity contribution in [3.05, 3.63) is 35.4 Å². The molecule has 1 aromatic rings. The van der Waals surface area contributed by atoms with Gasteiger partial charge >= 0.3 is 0 Å². The van der Waals surface area contributed by atoms with E-state index in [1.54, 1.807) is 0 Å².